The fourth-order valence-electron chi connectivity index (χ4n) is 1.76. The molecule has 1 aromatic rings. The van der Waals surface area contributed by atoms with Crippen LogP contribution in [0.4, 0.5) is 8.78 Å². The van der Waals surface area contributed by atoms with Crippen LogP contribution in [0, 0.1) is 11.6 Å². The summed E-state index contributed by atoms with van der Waals surface area (Å²) in [6, 6.07) is 4.38. The van der Waals surface area contributed by atoms with Crippen molar-refractivity contribution >= 4 is 5.91 Å². The Morgan fingerprint density at radius 2 is 2.17 bits per heavy atom. The van der Waals surface area contributed by atoms with Crippen LogP contribution in [0.25, 0.3) is 0 Å². The maximum atomic E-state index is 13.4. The first-order valence-corrected chi connectivity index (χ1v) is 5.97. The summed E-state index contributed by atoms with van der Waals surface area (Å²) >= 11 is 0. The van der Waals surface area contributed by atoms with Crippen LogP contribution in [-0.2, 0) is 11.3 Å². The van der Waals surface area contributed by atoms with Crippen LogP contribution in [0.15, 0.2) is 18.2 Å². The molecule has 1 N–H and O–H groups in total. The van der Waals surface area contributed by atoms with Gasteiger partial charge in [-0.1, -0.05) is 12.1 Å². The topological polar surface area (TPSA) is 32.3 Å². The van der Waals surface area contributed by atoms with E-state index in [0.717, 1.165) is 18.9 Å². The van der Waals surface area contributed by atoms with Gasteiger partial charge in [0.15, 0.2) is 11.6 Å². The highest BCUT2D eigenvalue weighted by Gasteiger charge is 2.23. The molecule has 98 valence electrons. The van der Waals surface area contributed by atoms with Crippen molar-refractivity contribution in [3.05, 3.63) is 35.4 Å². The summed E-state index contributed by atoms with van der Waals surface area (Å²) in [5, 5.41) is 2.85. The zero-order valence-electron chi connectivity index (χ0n) is 10.2. The van der Waals surface area contributed by atoms with E-state index in [2.05, 4.69) is 5.32 Å². The van der Waals surface area contributed by atoms with Crippen LogP contribution in [0.3, 0.4) is 0 Å². The van der Waals surface area contributed by atoms with E-state index in [9.17, 15) is 13.6 Å². The molecule has 0 aromatic heterocycles. The van der Waals surface area contributed by atoms with E-state index >= 15 is 0 Å². The summed E-state index contributed by atoms with van der Waals surface area (Å²) in [5.74, 6) is -1.77. The smallest absolute Gasteiger partial charge is 0.234 e. The number of amides is 1. The lowest BCUT2D eigenvalue weighted by Crippen LogP contribution is -2.36. The van der Waals surface area contributed by atoms with Crippen molar-refractivity contribution in [2.75, 3.05) is 13.6 Å². The molecule has 0 heterocycles. The van der Waals surface area contributed by atoms with Crippen molar-refractivity contribution in [2.24, 2.45) is 0 Å². The third kappa shape index (κ3) is 3.50. The lowest BCUT2D eigenvalue weighted by Gasteiger charge is -2.16. The summed E-state index contributed by atoms with van der Waals surface area (Å²) in [4.78, 5) is 13.2. The number of carbonyl (C=O) groups excluding carboxylic acids is 1. The molecule has 0 spiro atoms. The van der Waals surface area contributed by atoms with Crippen LogP contribution in [0.2, 0.25) is 0 Å². The van der Waals surface area contributed by atoms with Crippen molar-refractivity contribution in [1.29, 1.82) is 0 Å². The van der Waals surface area contributed by atoms with Crippen LogP contribution < -0.4 is 5.32 Å². The highest BCUT2D eigenvalue weighted by Crippen LogP contribution is 2.18. The van der Waals surface area contributed by atoms with Gasteiger partial charge in [0.05, 0.1) is 6.54 Å². The highest BCUT2D eigenvalue weighted by atomic mass is 19.2. The summed E-state index contributed by atoms with van der Waals surface area (Å²) in [6.07, 6.45) is 2.07. The van der Waals surface area contributed by atoms with Gasteiger partial charge in [-0.05, 0) is 26.0 Å². The summed E-state index contributed by atoms with van der Waals surface area (Å²) in [5.41, 5.74) is 0.261. The molecule has 0 bridgehead atoms. The Bertz CT molecular complexity index is 447. The minimum Gasteiger partial charge on any atom is -0.352 e. The molecular formula is C13H16F2N2O. The predicted molar refractivity (Wildman–Crippen MR) is 63.9 cm³/mol. The summed E-state index contributed by atoms with van der Waals surface area (Å²) in [7, 11) is 1.71. The van der Waals surface area contributed by atoms with Crippen molar-refractivity contribution in [3.63, 3.8) is 0 Å². The third-order valence-electron chi connectivity index (χ3n) is 2.83. The first-order chi connectivity index (χ1) is 8.56. The van der Waals surface area contributed by atoms with Gasteiger partial charge in [-0.2, -0.15) is 0 Å². The zero-order chi connectivity index (χ0) is 13.1. The Balaban J connectivity index is 1.87. The number of halogens is 2. The van der Waals surface area contributed by atoms with Crippen molar-refractivity contribution in [2.45, 2.75) is 25.4 Å². The first-order valence-electron chi connectivity index (χ1n) is 5.97. The van der Waals surface area contributed by atoms with E-state index in [1.54, 1.807) is 11.9 Å². The lowest BCUT2D eigenvalue weighted by molar-refractivity contribution is -0.122. The summed E-state index contributed by atoms with van der Waals surface area (Å²) in [6.45, 7) is 0.397. The quantitative estimate of drug-likeness (QED) is 0.867. The zero-order valence-corrected chi connectivity index (χ0v) is 10.2. The maximum Gasteiger partial charge on any atom is 0.234 e. The molecule has 0 aliphatic heterocycles. The number of nitrogens with zero attached hydrogens (tertiary/aromatic N) is 1. The predicted octanol–water partition coefficient (Wildman–Crippen LogP) is 1.68. The highest BCUT2D eigenvalue weighted by molar-refractivity contribution is 5.78. The van der Waals surface area contributed by atoms with Crippen LogP contribution in [0.1, 0.15) is 18.4 Å². The number of likely N-dealkylation sites (N-methyl/N-ethyl adjacent to an activating group) is 1. The Hall–Kier alpha value is -1.49. The molecule has 0 unspecified atom stereocenters. The van der Waals surface area contributed by atoms with E-state index in [4.69, 9.17) is 0 Å². The monoisotopic (exact) mass is 254 g/mol. The van der Waals surface area contributed by atoms with Gasteiger partial charge in [0, 0.05) is 18.2 Å². The lowest BCUT2D eigenvalue weighted by atomic mass is 10.2. The second kappa shape index (κ2) is 5.44. The molecule has 0 radical (unpaired) electrons. The van der Waals surface area contributed by atoms with Gasteiger partial charge in [-0.15, -0.1) is 0 Å². The van der Waals surface area contributed by atoms with Gasteiger partial charge in [-0.25, -0.2) is 8.78 Å². The standard InChI is InChI=1S/C13H16F2N2O/c1-17(8-12(18)16-10-5-6-10)7-9-3-2-4-11(14)13(9)15/h2-4,10H,5-8H2,1H3,(H,16,18). The van der Waals surface area contributed by atoms with Crippen molar-refractivity contribution in [3.8, 4) is 0 Å². The molecule has 18 heavy (non-hydrogen) atoms. The molecule has 1 saturated carbocycles. The molecular weight excluding hydrogens is 238 g/mol. The largest absolute Gasteiger partial charge is 0.352 e. The van der Waals surface area contributed by atoms with Gasteiger partial charge in [0.2, 0.25) is 5.91 Å². The second-order valence-corrected chi connectivity index (χ2v) is 4.73. The van der Waals surface area contributed by atoms with Crippen LogP contribution >= 0.6 is 0 Å². The SMILES string of the molecule is CN(CC(=O)NC1CC1)Cc1cccc(F)c1F. The Labute approximate surface area is 105 Å². The molecule has 3 nitrogen and oxygen atoms in total. The van der Waals surface area contributed by atoms with E-state index in [1.807, 2.05) is 0 Å². The number of nitrogens with one attached hydrogen (secondary N) is 1. The Kier molecular flexibility index (Phi) is 3.91. The molecule has 0 saturated heterocycles. The number of hydrogen-bond donors (Lipinski definition) is 1. The average molecular weight is 254 g/mol. The van der Waals surface area contributed by atoms with Crippen molar-refractivity contribution in [1.82, 2.24) is 10.2 Å². The van der Waals surface area contributed by atoms with Crippen molar-refractivity contribution < 1.29 is 13.6 Å². The number of benzene rings is 1. The van der Waals surface area contributed by atoms with E-state index in [1.165, 1.54) is 12.1 Å². The molecule has 1 aliphatic carbocycles. The molecule has 0 atom stereocenters. The minimum absolute atomic E-state index is 0.0724. The van der Waals surface area contributed by atoms with Gasteiger partial charge in [0.1, 0.15) is 0 Å². The normalized spacial score (nSPS) is 14.9. The second-order valence-electron chi connectivity index (χ2n) is 4.73. The van der Waals surface area contributed by atoms with E-state index in [-0.39, 0.29) is 24.6 Å². The molecule has 1 amide bonds. The number of hydrogen-bond acceptors (Lipinski definition) is 2. The fraction of sp³-hybridized carbons (Fsp3) is 0.462. The maximum absolute atomic E-state index is 13.4. The van der Waals surface area contributed by atoms with E-state index in [0.29, 0.717) is 6.04 Å². The first kappa shape index (κ1) is 13.0. The average Bonchev–Trinajstić information content (AvgIpc) is 3.08. The van der Waals surface area contributed by atoms with Gasteiger partial charge in [0.25, 0.3) is 0 Å². The number of carbonyl (C=O) groups is 1. The molecule has 1 fully saturated rings. The van der Waals surface area contributed by atoms with Crippen LogP contribution in [0.5, 0.6) is 0 Å². The third-order valence-corrected chi connectivity index (χ3v) is 2.83. The molecule has 1 aromatic carbocycles. The van der Waals surface area contributed by atoms with Gasteiger partial charge in [-0.3, -0.25) is 9.69 Å². The summed E-state index contributed by atoms with van der Waals surface area (Å²) < 4.78 is 26.4. The fourth-order valence-corrected chi connectivity index (χ4v) is 1.76. The van der Waals surface area contributed by atoms with Gasteiger partial charge >= 0.3 is 0 Å². The molecule has 5 heteroatoms. The Morgan fingerprint density at radius 3 is 2.83 bits per heavy atom. The minimum atomic E-state index is -0.858. The number of rotatable bonds is 5. The molecule has 1 aliphatic rings. The Morgan fingerprint density at radius 1 is 1.44 bits per heavy atom. The van der Waals surface area contributed by atoms with Gasteiger partial charge < -0.3 is 5.32 Å². The van der Waals surface area contributed by atoms with Crippen LogP contribution in [-0.4, -0.2) is 30.4 Å². The molecule has 2 rings (SSSR count). The van der Waals surface area contributed by atoms with E-state index < -0.39 is 11.6 Å².